The Morgan fingerprint density at radius 3 is 2.73 bits per heavy atom. The molecule has 0 radical (unpaired) electrons. The zero-order valence-corrected chi connectivity index (χ0v) is 14.5. The molecule has 0 aromatic rings. The highest BCUT2D eigenvalue weighted by Crippen LogP contribution is 2.65. The Kier molecular flexibility index (Phi) is 3.20. The lowest BCUT2D eigenvalue weighted by Gasteiger charge is -2.55. The van der Waals surface area contributed by atoms with E-state index < -0.39 is 0 Å². The second-order valence-corrected chi connectivity index (χ2v) is 8.89. The van der Waals surface area contributed by atoms with Crippen molar-refractivity contribution in [3.63, 3.8) is 0 Å². The van der Waals surface area contributed by atoms with E-state index in [0.717, 1.165) is 12.0 Å². The molecule has 122 valence electrons. The number of ether oxygens (including phenoxy) is 1. The summed E-state index contributed by atoms with van der Waals surface area (Å²) in [6.07, 6.45) is 8.92. The first-order valence-corrected chi connectivity index (χ1v) is 9.09. The molecule has 2 fully saturated rings. The van der Waals surface area contributed by atoms with Crippen molar-refractivity contribution in [2.75, 3.05) is 6.61 Å². The Hall–Kier alpha value is -0.600. The van der Waals surface area contributed by atoms with Gasteiger partial charge in [0, 0.05) is 5.41 Å². The van der Waals surface area contributed by atoms with E-state index >= 15 is 0 Å². The van der Waals surface area contributed by atoms with Crippen LogP contribution in [0.4, 0.5) is 0 Å². The maximum absolute atomic E-state index is 9.65. The molecule has 0 spiro atoms. The van der Waals surface area contributed by atoms with Crippen LogP contribution in [0.2, 0.25) is 0 Å². The summed E-state index contributed by atoms with van der Waals surface area (Å²) < 4.78 is 6.28. The van der Waals surface area contributed by atoms with E-state index in [1.54, 1.807) is 11.1 Å². The summed E-state index contributed by atoms with van der Waals surface area (Å²) in [4.78, 5) is 0. The van der Waals surface area contributed by atoms with Crippen molar-refractivity contribution in [3.05, 3.63) is 22.8 Å². The van der Waals surface area contributed by atoms with Crippen molar-refractivity contribution in [1.29, 1.82) is 0 Å². The standard InChI is InChI=1S/C20H30O2/c1-12(2)14-5-6-19(3)7-8-20(4)15(18(14)19)10-16-13(11-21)9-17(20)22-16/h9,12,15-17,21H,5-8,10-11H2,1-4H3/t15-,16-,17-,19-,20-/m1/s1. The maximum atomic E-state index is 9.65. The predicted molar refractivity (Wildman–Crippen MR) is 88.5 cm³/mol. The van der Waals surface area contributed by atoms with Crippen molar-refractivity contribution in [3.8, 4) is 0 Å². The second-order valence-electron chi connectivity index (χ2n) is 8.89. The summed E-state index contributed by atoms with van der Waals surface area (Å²) >= 11 is 0. The summed E-state index contributed by atoms with van der Waals surface area (Å²) in [5, 5.41) is 9.65. The van der Waals surface area contributed by atoms with Gasteiger partial charge in [-0.3, -0.25) is 0 Å². The van der Waals surface area contributed by atoms with E-state index in [1.165, 1.54) is 25.7 Å². The maximum Gasteiger partial charge on any atom is 0.0827 e. The molecule has 2 bridgehead atoms. The van der Waals surface area contributed by atoms with Crippen molar-refractivity contribution < 1.29 is 9.84 Å². The molecule has 0 aromatic heterocycles. The minimum absolute atomic E-state index is 0.164. The van der Waals surface area contributed by atoms with Crippen molar-refractivity contribution in [2.45, 2.75) is 72.0 Å². The number of aliphatic hydroxyl groups excluding tert-OH is 1. The minimum atomic E-state index is 0.164. The smallest absolute Gasteiger partial charge is 0.0827 e. The molecule has 0 amide bonds. The first kappa shape index (κ1) is 15.0. The van der Waals surface area contributed by atoms with Gasteiger partial charge in [0.25, 0.3) is 0 Å². The van der Waals surface area contributed by atoms with Crippen molar-refractivity contribution in [2.24, 2.45) is 22.7 Å². The molecule has 0 unspecified atom stereocenters. The molecule has 1 saturated heterocycles. The third-order valence-corrected chi connectivity index (χ3v) is 7.37. The van der Waals surface area contributed by atoms with Crippen LogP contribution in [0.25, 0.3) is 0 Å². The summed E-state index contributed by atoms with van der Waals surface area (Å²) in [5.41, 5.74) is 5.33. The molecular weight excluding hydrogens is 272 g/mol. The van der Waals surface area contributed by atoms with Crippen LogP contribution in [0.3, 0.4) is 0 Å². The van der Waals surface area contributed by atoms with E-state index in [0.29, 0.717) is 17.3 Å². The summed E-state index contributed by atoms with van der Waals surface area (Å²) in [5.74, 6) is 1.32. The summed E-state index contributed by atoms with van der Waals surface area (Å²) in [6.45, 7) is 9.85. The largest absolute Gasteiger partial charge is 0.392 e. The average molecular weight is 302 g/mol. The number of hydrogen-bond donors (Lipinski definition) is 1. The first-order chi connectivity index (χ1) is 10.4. The summed E-state index contributed by atoms with van der Waals surface area (Å²) in [6, 6.07) is 0. The Labute approximate surface area is 134 Å². The zero-order chi connectivity index (χ0) is 15.7. The van der Waals surface area contributed by atoms with Gasteiger partial charge in [0.1, 0.15) is 0 Å². The lowest BCUT2D eigenvalue weighted by Crippen LogP contribution is -2.51. The van der Waals surface area contributed by atoms with E-state index in [9.17, 15) is 5.11 Å². The zero-order valence-electron chi connectivity index (χ0n) is 14.5. The topological polar surface area (TPSA) is 29.5 Å². The quantitative estimate of drug-likeness (QED) is 0.773. The predicted octanol–water partition coefficient (Wildman–Crippen LogP) is 4.25. The van der Waals surface area contributed by atoms with E-state index in [2.05, 4.69) is 33.8 Å². The van der Waals surface area contributed by atoms with Gasteiger partial charge in [-0.2, -0.15) is 0 Å². The van der Waals surface area contributed by atoms with Gasteiger partial charge in [0.2, 0.25) is 0 Å². The van der Waals surface area contributed by atoms with Gasteiger partial charge in [-0.05, 0) is 54.9 Å². The number of hydrogen-bond acceptors (Lipinski definition) is 2. The summed E-state index contributed by atoms with van der Waals surface area (Å²) in [7, 11) is 0. The van der Waals surface area contributed by atoms with E-state index in [1.807, 2.05) is 0 Å². The second kappa shape index (κ2) is 4.70. The van der Waals surface area contributed by atoms with E-state index in [-0.39, 0.29) is 24.2 Å². The van der Waals surface area contributed by atoms with Crippen molar-refractivity contribution in [1.82, 2.24) is 0 Å². The molecule has 1 N–H and O–H groups in total. The Morgan fingerprint density at radius 2 is 2.05 bits per heavy atom. The van der Waals surface area contributed by atoms with Crippen LogP contribution in [-0.4, -0.2) is 23.9 Å². The molecule has 2 heterocycles. The highest BCUT2D eigenvalue weighted by atomic mass is 16.5. The lowest BCUT2D eigenvalue weighted by atomic mass is 9.53. The Morgan fingerprint density at radius 1 is 1.27 bits per heavy atom. The first-order valence-electron chi connectivity index (χ1n) is 9.09. The monoisotopic (exact) mass is 302 g/mol. The number of allylic oxidation sites excluding steroid dienone is 2. The van der Waals surface area contributed by atoms with Gasteiger partial charge in [-0.1, -0.05) is 44.9 Å². The van der Waals surface area contributed by atoms with Crippen LogP contribution in [0.1, 0.15) is 59.8 Å². The average Bonchev–Trinajstić information content (AvgIpc) is 3.01. The molecule has 2 aliphatic heterocycles. The fourth-order valence-corrected chi connectivity index (χ4v) is 5.87. The van der Waals surface area contributed by atoms with Crippen LogP contribution in [0, 0.1) is 22.7 Å². The molecule has 0 aromatic carbocycles. The highest BCUT2D eigenvalue weighted by molar-refractivity contribution is 5.38. The van der Waals surface area contributed by atoms with Crippen LogP contribution < -0.4 is 0 Å². The minimum Gasteiger partial charge on any atom is -0.392 e. The van der Waals surface area contributed by atoms with Crippen LogP contribution >= 0.6 is 0 Å². The third kappa shape index (κ3) is 1.80. The molecule has 2 nitrogen and oxygen atoms in total. The number of aliphatic hydroxyl groups is 1. The Balaban J connectivity index is 1.80. The highest BCUT2D eigenvalue weighted by Gasteiger charge is 2.58. The molecule has 2 aliphatic carbocycles. The van der Waals surface area contributed by atoms with Crippen LogP contribution in [0.15, 0.2) is 22.8 Å². The normalized spacial score (nSPS) is 46.8. The molecule has 22 heavy (non-hydrogen) atoms. The SMILES string of the molecule is CC(C)C1=C2[C@H]3C[C@H]4O[C@H](C=C4CO)[C@]3(C)CC[C@@]2(C)CC1. The molecule has 4 aliphatic rings. The van der Waals surface area contributed by atoms with Gasteiger partial charge in [-0.25, -0.2) is 0 Å². The van der Waals surface area contributed by atoms with Crippen LogP contribution in [-0.2, 0) is 4.74 Å². The van der Waals surface area contributed by atoms with Gasteiger partial charge in [0.15, 0.2) is 0 Å². The lowest BCUT2D eigenvalue weighted by molar-refractivity contribution is -0.116. The molecule has 5 atom stereocenters. The van der Waals surface area contributed by atoms with Gasteiger partial charge >= 0.3 is 0 Å². The third-order valence-electron chi connectivity index (χ3n) is 7.37. The van der Waals surface area contributed by atoms with E-state index in [4.69, 9.17) is 4.74 Å². The Bertz CT molecular complexity index is 558. The van der Waals surface area contributed by atoms with Crippen molar-refractivity contribution >= 4 is 0 Å². The van der Waals surface area contributed by atoms with Crippen LogP contribution in [0.5, 0.6) is 0 Å². The van der Waals surface area contributed by atoms with Gasteiger partial charge < -0.3 is 9.84 Å². The number of rotatable bonds is 2. The van der Waals surface area contributed by atoms with Gasteiger partial charge in [0.05, 0.1) is 18.8 Å². The molecular formula is C20H30O2. The number of fused-ring (bicyclic) bond motifs is 6. The molecule has 1 saturated carbocycles. The molecule has 4 rings (SSSR count). The van der Waals surface area contributed by atoms with Gasteiger partial charge in [-0.15, -0.1) is 0 Å². The molecule has 2 heteroatoms. The fourth-order valence-electron chi connectivity index (χ4n) is 5.87. The fraction of sp³-hybridized carbons (Fsp3) is 0.800.